The summed E-state index contributed by atoms with van der Waals surface area (Å²) in [5.74, 6) is 0. The molecule has 0 radical (unpaired) electrons. The Morgan fingerprint density at radius 1 is 1.53 bits per heavy atom. The number of nitrogens with zero attached hydrogens (tertiary/aromatic N) is 2. The van der Waals surface area contributed by atoms with Crippen molar-refractivity contribution in [3.8, 4) is 0 Å². The van der Waals surface area contributed by atoms with Gasteiger partial charge in [-0.3, -0.25) is 0 Å². The minimum Gasteiger partial charge on any atom is -0.237 e. The maximum atomic E-state index is 9.20. The van der Waals surface area contributed by atoms with E-state index in [-0.39, 0.29) is 4.05 Å². The minimum atomic E-state index is -0.0278. The number of aromatic nitrogens is 1. The molecule has 2 heterocycles. The highest BCUT2D eigenvalue weighted by Gasteiger charge is 2.44. The highest BCUT2D eigenvalue weighted by molar-refractivity contribution is 7.99. The Labute approximate surface area is 107 Å². The first-order valence-corrected chi connectivity index (χ1v) is 6.35. The smallest absolute Gasteiger partial charge is 0.208 e. The second-order valence-electron chi connectivity index (χ2n) is 3.78. The fraction of sp³-hybridized carbons (Fsp3) is 0.182. The number of hydroxylamine groups is 1. The van der Waals surface area contributed by atoms with Crippen LogP contribution in [0.1, 0.15) is 6.92 Å². The molecule has 4 nitrogen and oxygen atoms in total. The molecular weight excluding hydrogens is 260 g/mol. The van der Waals surface area contributed by atoms with Gasteiger partial charge in [-0.1, -0.05) is 23.7 Å². The molecule has 1 atom stereocenters. The zero-order valence-corrected chi connectivity index (χ0v) is 10.6. The molecule has 0 saturated carbocycles. The van der Waals surface area contributed by atoms with Crippen LogP contribution in [0.25, 0.3) is 10.8 Å². The van der Waals surface area contributed by atoms with Crippen LogP contribution in [0, 0.1) is 0 Å². The number of hydrogen-bond donors (Lipinski definition) is 1. The van der Waals surface area contributed by atoms with E-state index in [0.29, 0.717) is 11.7 Å². The fourth-order valence-electron chi connectivity index (χ4n) is 2.11. The number of pyridine rings is 1. The summed E-state index contributed by atoms with van der Waals surface area (Å²) in [5.41, 5.74) is 0.829. The Morgan fingerprint density at radius 3 is 3.06 bits per heavy atom. The van der Waals surface area contributed by atoms with E-state index in [2.05, 4.69) is 9.97 Å². The van der Waals surface area contributed by atoms with E-state index < -0.39 is 0 Å². The standard InChI is InChI=1S/C11H9ClN2O2S/c1-2-14(16-15)8-6-13-11(12)7-4-3-5-9(17-14)10(7)8/h3-6H,2H2,1H3/p+1. The molecule has 6 heteroatoms. The number of rotatable bonds is 2. The van der Waals surface area contributed by atoms with Gasteiger partial charge in [0.1, 0.15) is 11.7 Å². The molecule has 88 valence electrons. The Balaban J connectivity index is 2.39. The van der Waals surface area contributed by atoms with Crippen LogP contribution in [0.15, 0.2) is 29.3 Å². The second-order valence-corrected chi connectivity index (χ2v) is 5.35. The van der Waals surface area contributed by atoms with Gasteiger partial charge in [0.2, 0.25) is 5.69 Å². The van der Waals surface area contributed by atoms with Gasteiger partial charge in [0.05, 0.1) is 16.5 Å². The topological polar surface area (TPSA) is 42.4 Å². The zero-order chi connectivity index (χ0) is 12.0. The number of halogens is 1. The van der Waals surface area contributed by atoms with Gasteiger partial charge in [-0.05, 0) is 22.0 Å². The van der Waals surface area contributed by atoms with E-state index in [1.807, 2.05) is 25.1 Å². The quantitative estimate of drug-likeness (QED) is 0.297. The first kappa shape index (κ1) is 11.3. The van der Waals surface area contributed by atoms with Crippen LogP contribution in [-0.4, -0.2) is 16.8 Å². The summed E-state index contributed by atoms with van der Waals surface area (Å²) in [7, 11) is 0. The molecule has 0 fully saturated rings. The molecule has 1 aromatic carbocycles. The number of benzene rings is 1. The third-order valence-electron chi connectivity index (χ3n) is 2.97. The molecule has 0 bridgehead atoms. The van der Waals surface area contributed by atoms with E-state index in [9.17, 15) is 5.26 Å². The summed E-state index contributed by atoms with van der Waals surface area (Å²) < 4.78 is -0.0278. The van der Waals surface area contributed by atoms with Gasteiger partial charge in [-0.15, -0.1) is 0 Å². The lowest BCUT2D eigenvalue weighted by Gasteiger charge is -2.22. The summed E-state index contributed by atoms with van der Waals surface area (Å²) in [6.45, 7) is 2.53. The summed E-state index contributed by atoms with van der Waals surface area (Å²) in [6, 6.07) is 5.84. The third-order valence-corrected chi connectivity index (χ3v) is 4.62. The van der Waals surface area contributed by atoms with Gasteiger partial charge in [-0.2, -0.15) is 5.26 Å². The molecule has 0 spiro atoms. The third kappa shape index (κ3) is 1.41. The van der Waals surface area contributed by atoms with Gasteiger partial charge in [0.25, 0.3) is 0 Å². The molecule has 0 aliphatic carbocycles. The molecule has 1 aliphatic heterocycles. The van der Waals surface area contributed by atoms with Crippen molar-refractivity contribution in [1.82, 2.24) is 9.04 Å². The molecule has 1 unspecified atom stereocenters. The van der Waals surface area contributed by atoms with Crippen molar-refractivity contribution in [2.75, 3.05) is 6.54 Å². The predicted molar refractivity (Wildman–Crippen MR) is 68.7 cm³/mol. The highest BCUT2D eigenvalue weighted by atomic mass is 35.5. The molecule has 0 amide bonds. The van der Waals surface area contributed by atoms with Gasteiger partial charge in [0, 0.05) is 5.39 Å². The van der Waals surface area contributed by atoms with Crippen LogP contribution < -0.4 is 4.05 Å². The van der Waals surface area contributed by atoms with E-state index in [1.165, 1.54) is 11.9 Å². The first-order chi connectivity index (χ1) is 8.22. The van der Waals surface area contributed by atoms with E-state index in [4.69, 9.17) is 11.6 Å². The van der Waals surface area contributed by atoms with Gasteiger partial charge in [-0.25, -0.2) is 4.98 Å². The SMILES string of the molecule is CC[N+]1(OO)Sc2cccc3c(Cl)ncc1c23. The second kappa shape index (κ2) is 3.83. The van der Waals surface area contributed by atoms with Gasteiger partial charge >= 0.3 is 0 Å². The first-order valence-electron chi connectivity index (χ1n) is 5.20. The number of hydrogen-bond acceptors (Lipinski definition) is 4. The molecule has 3 rings (SSSR count). The Morgan fingerprint density at radius 2 is 2.35 bits per heavy atom. The summed E-state index contributed by atoms with van der Waals surface area (Å²) in [4.78, 5) is 9.87. The minimum absolute atomic E-state index is 0.0278. The van der Waals surface area contributed by atoms with Crippen molar-refractivity contribution in [2.45, 2.75) is 11.8 Å². The normalized spacial score (nSPS) is 22.3. The van der Waals surface area contributed by atoms with Gasteiger partial charge < -0.3 is 0 Å². The van der Waals surface area contributed by atoms with Crippen molar-refractivity contribution in [3.05, 3.63) is 29.5 Å². The Hall–Kier alpha value is -0.850. The molecular formula is C11H10ClN2O2S+. The van der Waals surface area contributed by atoms with Crippen LogP contribution in [0.2, 0.25) is 5.15 Å². The molecule has 17 heavy (non-hydrogen) atoms. The number of quaternary nitrogens is 1. The van der Waals surface area contributed by atoms with E-state index >= 15 is 0 Å². The summed E-state index contributed by atoms with van der Waals surface area (Å²) >= 11 is 7.52. The summed E-state index contributed by atoms with van der Waals surface area (Å²) in [6.07, 6.45) is 1.66. The van der Waals surface area contributed by atoms with Crippen molar-refractivity contribution in [2.24, 2.45) is 0 Å². The average molecular weight is 270 g/mol. The van der Waals surface area contributed by atoms with E-state index in [0.717, 1.165) is 21.4 Å². The maximum absolute atomic E-state index is 9.20. The lowest BCUT2D eigenvalue weighted by molar-refractivity contribution is -0.345. The van der Waals surface area contributed by atoms with Crippen LogP contribution in [0.4, 0.5) is 5.69 Å². The van der Waals surface area contributed by atoms with Crippen LogP contribution >= 0.6 is 23.5 Å². The monoisotopic (exact) mass is 269 g/mol. The molecule has 0 saturated heterocycles. The van der Waals surface area contributed by atoms with Crippen molar-refractivity contribution in [3.63, 3.8) is 0 Å². The summed E-state index contributed by atoms with van der Waals surface area (Å²) in [5, 5.41) is 11.6. The lowest BCUT2D eigenvalue weighted by atomic mass is 10.1. The largest absolute Gasteiger partial charge is 0.237 e. The fourth-order valence-corrected chi connectivity index (χ4v) is 3.48. The molecule has 1 aliphatic rings. The van der Waals surface area contributed by atoms with Gasteiger partial charge in [0.15, 0.2) is 11.9 Å². The maximum Gasteiger partial charge on any atom is 0.208 e. The lowest BCUT2D eigenvalue weighted by Crippen LogP contribution is -2.38. The zero-order valence-electron chi connectivity index (χ0n) is 9.05. The molecule has 2 aromatic rings. The molecule has 1 aromatic heterocycles. The van der Waals surface area contributed by atoms with E-state index in [1.54, 1.807) is 6.20 Å². The Bertz CT molecular complexity index is 601. The highest BCUT2D eigenvalue weighted by Crippen LogP contribution is 2.52. The Kier molecular flexibility index (Phi) is 2.53. The van der Waals surface area contributed by atoms with Crippen molar-refractivity contribution >= 4 is 40.0 Å². The predicted octanol–water partition coefficient (Wildman–Crippen LogP) is 3.64. The average Bonchev–Trinajstić information content (AvgIpc) is 2.70. The van der Waals surface area contributed by atoms with Crippen LogP contribution in [0.3, 0.4) is 0 Å². The van der Waals surface area contributed by atoms with Crippen molar-refractivity contribution < 1.29 is 10.2 Å². The van der Waals surface area contributed by atoms with Crippen LogP contribution in [0.5, 0.6) is 0 Å². The molecule has 1 N–H and O–H groups in total. The van der Waals surface area contributed by atoms with Crippen molar-refractivity contribution in [1.29, 1.82) is 0 Å². The van der Waals surface area contributed by atoms with Crippen LogP contribution in [-0.2, 0) is 4.99 Å².